The van der Waals surface area contributed by atoms with Crippen LogP contribution in [0.1, 0.15) is 13.3 Å². The highest BCUT2D eigenvalue weighted by atomic mass is 35.5. The Bertz CT molecular complexity index is 996. The molecule has 2 aromatic carbocycles. The Morgan fingerprint density at radius 2 is 1.97 bits per heavy atom. The van der Waals surface area contributed by atoms with Gasteiger partial charge in [0.25, 0.3) is 5.91 Å². The SMILES string of the molecule is C[C@H]1C[C@@H](C(N)=O)[N+](CC#N)(c2ccc(Cl)c(-c3ccc(N4CCNCC4)cc3)c2)C1. The second kappa shape index (κ2) is 8.88. The lowest BCUT2D eigenvalue weighted by Gasteiger charge is -2.36. The maximum absolute atomic E-state index is 12.3. The summed E-state index contributed by atoms with van der Waals surface area (Å²) in [6.07, 6.45) is 0.689. The van der Waals surface area contributed by atoms with Crippen molar-refractivity contribution in [2.24, 2.45) is 11.7 Å². The Morgan fingerprint density at radius 1 is 1.26 bits per heavy atom. The second-order valence-corrected chi connectivity index (χ2v) is 9.15. The van der Waals surface area contributed by atoms with Gasteiger partial charge in [0, 0.05) is 66.9 Å². The molecule has 1 amide bonds. The Balaban J connectivity index is 1.71. The van der Waals surface area contributed by atoms with Crippen molar-refractivity contribution in [2.45, 2.75) is 19.4 Å². The van der Waals surface area contributed by atoms with E-state index in [1.807, 2.05) is 18.2 Å². The molecule has 0 bridgehead atoms. The maximum atomic E-state index is 12.3. The lowest BCUT2D eigenvalue weighted by Crippen LogP contribution is -2.58. The number of nitriles is 1. The highest BCUT2D eigenvalue weighted by Gasteiger charge is 2.50. The molecule has 31 heavy (non-hydrogen) atoms. The molecule has 0 aliphatic carbocycles. The van der Waals surface area contributed by atoms with Crippen molar-refractivity contribution < 1.29 is 4.79 Å². The van der Waals surface area contributed by atoms with E-state index in [4.69, 9.17) is 17.3 Å². The number of rotatable bonds is 5. The Kier molecular flexibility index (Phi) is 6.19. The number of nitrogens with two attached hydrogens (primary N) is 1. The molecule has 2 fully saturated rings. The molecular formula is C24H29ClN5O+. The van der Waals surface area contributed by atoms with Gasteiger partial charge in [0.2, 0.25) is 0 Å². The zero-order valence-electron chi connectivity index (χ0n) is 17.9. The molecule has 1 unspecified atom stereocenters. The summed E-state index contributed by atoms with van der Waals surface area (Å²) in [7, 11) is 0. The average Bonchev–Trinajstić information content (AvgIpc) is 3.12. The smallest absolute Gasteiger partial charge is 0.276 e. The van der Waals surface area contributed by atoms with Gasteiger partial charge < -0.3 is 16.0 Å². The number of amides is 1. The fourth-order valence-corrected chi connectivity index (χ4v) is 5.39. The molecule has 3 atom stereocenters. The summed E-state index contributed by atoms with van der Waals surface area (Å²) in [5.41, 5.74) is 9.81. The molecule has 4 rings (SSSR count). The Hall–Kier alpha value is -2.59. The fourth-order valence-electron chi connectivity index (χ4n) is 5.16. The van der Waals surface area contributed by atoms with Crippen molar-refractivity contribution in [2.75, 3.05) is 44.2 Å². The summed E-state index contributed by atoms with van der Waals surface area (Å²) < 4.78 is 0.274. The molecule has 162 valence electrons. The average molecular weight is 439 g/mol. The van der Waals surface area contributed by atoms with Crippen LogP contribution in [0.3, 0.4) is 0 Å². The number of benzene rings is 2. The van der Waals surface area contributed by atoms with Gasteiger partial charge in [-0.1, -0.05) is 30.7 Å². The zero-order valence-corrected chi connectivity index (χ0v) is 18.6. The van der Waals surface area contributed by atoms with Crippen LogP contribution in [-0.4, -0.2) is 51.2 Å². The van der Waals surface area contributed by atoms with Crippen molar-refractivity contribution in [1.29, 1.82) is 5.26 Å². The minimum atomic E-state index is -0.404. The number of carbonyl (C=O) groups excluding carboxylic acids is 1. The molecule has 3 N–H and O–H groups in total. The number of nitrogens with one attached hydrogen (secondary N) is 1. The van der Waals surface area contributed by atoms with Crippen LogP contribution in [-0.2, 0) is 4.79 Å². The second-order valence-electron chi connectivity index (χ2n) is 8.74. The molecule has 0 spiro atoms. The van der Waals surface area contributed by atoms with E-state index >= 15 is 0 Å². The normalized spacial score (nSPS) is 25.9. The van der Waals surface area contributed by atoms with E-state index in [1.165, 1.54) is 5.69 Å². The fraction of sp³-hybridized carbons (Fsp3) is 0.417. The van der Waals surface area contributed by atoms with E-state index in [0.29, 0.717) is 23.9 Å². The summed E-state index contributed by atoms with van der Waals surface area (Å²) in [4.78, 5) is 14.7. The number of anilines is 1. The summed E-state index contributed by atoms with van der Waals surface area (Å²) in [6, 6.07) is 16.2. The summed E-state index contributed by atoms with van der Waals surface area (Å²) in [5.74, 6) is -0.0419. The van der Waals surface area contributed by atoms with Gasteiger partial charge in [-0.3, -0.25) is 9.28 Å². The lowest BCUT2D eigenvalue weighted by atomic mass is 10.0. The largest absolute Gasteiger partial charge is 0.369 e. The predicted molar refractivity (Wildman–Crippen MR) is 126 cm³/mol. The number of likely N-dealkylation sites (tertiary alicyclic amines) is 1. The van der Waals surface area contributed by atoms with E-state index in [2.05, 4.69) is 47.5 Å². The van der Waals surface area contributed by atoms with Gasteiger partial charge in [-0.05, 0) is 23.8 Å². The number of quaternary nitrogens is 1. The molecule has 2 heterocycles. The monoisotopic (exact) mass is 438 g/mol. The number of halogens is 1. The highest BCUT2D eigenvalue weighted by molar-refractivity contribution is 6.33. The van der Waals surface area contributed by atoms with Crippen LogP contribution in [0.5, 0.6) is 0 Å². The van der Waals surface area contributed by atoms with Crippen molar-refractivity contribution in [3.63, 3.8) is 0 Å². The molecular weight excluding hydrogens is 410 g/mol. The van der Waals surface area contributed by atoms with Crippen LogP contribution in [0.15, 0.2) is 42.5 Å². The van der Waals surface area contributed by atoms with E-state index in [-0.39, 0.29) is 16.9 Å². The number of piperazine rings is 1. The molecule has 6 nitrogen and oxygen atoms in total. The minimum Gasteiger partial charge on any atom is -0.369 e. The van der Waals surface area contributed by atoms with E-state index in [1.54, 1.807) is 0 Å². The van der Waals surface area contributed by atoms with Crippen LogP contribution in [0.4, 0.5) is 11.4 Å². The van der Waals surface area contributed by atoms with E-state index in [0.717, 1.165) is 43.0 Å². The van der Waals surface area contributed by atoms with E-state index in [9.17, 15) is 10.1 Å². The van der Waals surface area contributed by atoms with Crippen molar-refractivity contribution in [3.8, 4) is 17.2 Å². The third-order valence-electron chi connectivity index (χ3n) is 6.67. The standard InChI is InChI=1S/C24H28ClN5O/c1-17-14-23(24(27)31)30(16-17,13-8-26)20-6-7-22(25)21(15-20)18-2-4-19(5-3-18)29-11-9-28-10-12-29/h2-7,15,17,23,28H,9-14,16H2,1H3,(H-,27,31)/p+1/t17-,23-,30?/m0/s1. The molecule has 2 saturated heterocycles. The summed E-state index contributed by atoms with van der Waals surface area (Å²) >= 11 is 6.59. The van der Waals surface area contributed by atoms with Crippen LogP contribution >= 0.6 is 11.6 Å². The minimum absolute atomic E-state index is 0.209. The molecule has 0 saturated carbocycles. The zero-order chi connectivity index (χ0) is 22.0. The molecule has 0 radical (unpaired) electrons. The Labute approximate surface area is 188 Å². The predicted octanol–water partition coefficient (Wildman–Crippen LogP) is 3.14. The summed E-state index contributed by atoms with van der Waals surface area (Å²) in [5, 5.41) is 13.6. The number of carbonyl (C=O) groups is 1. The molecule has 2 aliphatic rings. The molecule has 7 heteroatoms. The number of hydrogen-bond acceptors (Lipinski definition) is 4. The number of primary amides is 1. The molecule has 2 aliphatic heterocycles. The van der Waals surface area contributed by atoms with Crippen LogP contribution < -0.4 is 20.4 Å². The lowest BCUT2D eigenvalue weighted by molar-refractivity contribution is -0.121. The first-order valence-electron chi connectivity index (χ1n) is 10.8. The van der Waals surface area contributed by atoms with Gasteiger partial charge in [-0.15, -0.1) is 0 Å². The first kappa shape index (κ1) is 21.6. The summed E-state index contributed by atoms with van der Waals surface area (Å²) in [6.45, 7) is 7.01. The topological polar surface area (TPSA) is 82.1 Å². The third kappa shape index (κ3) is 4.14. The van der Waals surface area contributed by atoms with Gasteiger partial charge >= 0.3 is 0 Å². The first-order chi connectivity index (χ1) is 14.9. The van der Waals surface area contributed by atoms with Crippen molar-refractivity contribution in [3.05, 3.63) is 47.5 Å². The van der Waals surface area contributed by atoms with Crippen LogP contribution in [0.25, 0.3) is 11.1 Å². The van der Waals surface area contributed by atoms with Crippen molar-refractivity contribution >= 4 is 28.9 Å². The van der Waals surface area contributed by atoms with Crippen LogP contribution in [0.2, 0.25) is 5.02 Å². The van der Waals surface area contributed by atoms with Gasteiger partial charge in [-0.25, -0.2) is 0 Å². The molecule has 0 aromatic heterocycles. The van der Waals surface area contributed by atoms with Gasteiger partial charge in [0.05, 0.1) is 6.54 Å². The molecule has 2 aromatic rings. The van der Waals surface area contributed by atoms with Gasteiger partial charge in [0.15, 0.2) is 12.6 Å². The Morgan fingerprint density at radius 3 is 2.61 bits per heavy atom. The maximum Gasteiger partial charge on any atom is 0.276 e. The quantitative estimate of drug-likeness (QED) is 0.555. The highest BCUT2D eigenvalue weighted by Crippen LogP contribution is 2.41. The first-order valence-corrected chi connectivity index (χ1v) is 11.2. The van der Waals surface area contributed by atoms with Gasteiger partial charge in [0.1, 0.15) is 11.8 Å². The number of hydrogen-bond donors (Lipinski definition) is 2. The van der Waals surface area contributed by atoms with Gasteiger partial charge in [-0.2, -0.15) is 5.26 Å². The van der Waals surface area contributed by atoms with E-state index < -0.39 is 6.04 Å². The van der Waals surface area contributed by atoms with Crippen LogP contribution in [0, 0.1) is 17.2 Å². The third-order valence-corrected chi connectivity index (χ3v) is 7.00. The number of nitrogens with zero attached hydrogens (tertiary/aromatic N) is 3. The van der Waals surface area contributed by atoms with Crippen molar-refractivity contribution in [1.82, 2.24) is 9.80 Å².